The zero-order valence-corrected chi connectivity index (χ0v) is 19.5. The fraction of sp³-hybridized carbons (Fsp3) is 0.455. The summed E-state index contributed by atoms with van der Waals surface area (Å²) in [6.45, 7) is 4.11. The molecule has 2 fully saturated rings. The zero-order valence-electron chi connectivity index (χ0n) is 17.9. The summed E-state index contributed by atoms with van der Waals surface area (Å²) < 4.78 is 41.0. The summed E-state index contributed by atoms with van der Waals surface area (Å²) in [5.41, 5.74) is 1.38. The van der Waals surface area contributed by atoms with Gasteiger partial charge in [0.1, 0.15) is 0 Å². The van der Waals surface area contributed by atoms with Gasteiger partial charge < -0.3 is 14.4 Å². The van der Waals surface area contributed by atoms with Crippen molar-refractivity contribution in [3.8, 4) is 5.88 Å². The van der Waals surface area contributed by atoms with Gasteiger partial charge in [0.2, 0.25) is 15.9 Å². The van der Waals surface area contributed by atoms with Gasteiger partial charge in [-0.1, -0.05) is 17.4 Å². The van der Waals surface area contributed by atoms with Gasteiger partial charge in [0.25, 0.3) is 0 Å². The molecule has 2 aliphatic heterocycles. The minimum Gasteiger partial charge on any atom is -0.478 e. The van der Waals surface area contributed by atoms with Crippen LogP contribution in [0.1, 0.15) is 31.7 Å². The van der Waals surface area contributed by atoms with Gasteiger partial charge in [-0.25, -0.2) is 23.1 Å². The number of nitrogens with zero attached hydrogens (tertiary/aromatic N) is 3. The number of thiazole rings is 1. The Morgan fingerprint density at radius 1 is 1.25 bits per heavy atom. The average molecular weight is 475 g/mol. The third-order valence-electron chi connectivity index (χ3n) is 5.80. The standard InChI is InChI=1S/C22H26N4O4S2/c1-2-29-21-15(5-4-10-23-21)12-24-32(27,28)18-8-9-20-19(11-18)25-22(31-20)26-13-16-6-3-7-17(14-26)30-16/h4-5,8-11,16-17,24H,2-3,6-7,12-14H2,1H3. The molecule has 1 N–H and O–H groups in total. The molecule has 3 aromatic rings. The highest BCUT2D eigenvalue weighted by Crippen LogP contribution is 2.34. The van der Waals surface area contributed by atoms with E-state index in [2.05, 4.69) is 14.6 Å². The molecule has 5 rings (SSSR count). The first-order chi connectivity index (χ1) is 15.5. The van der Waals surface area contributed by atoms with Crippen LogP contribution in [0, 0.1) is 0 Å². The quantitative estimate of drug-likeness (QED) is 0.561. The van der Waals surface area contributed by atoms with Crippen molar-refractivity contribution in [1.82, 2.24) is 14.7 Å². The maximum absolute atomic E-state index is 12.9. The van der Waals surface area contributed by atoms with E-state index in [1.54, 1.807) is 41.8 Å². The van der Waals surface area contributed by atoms with Crippen LogP contribution >= 0.6 is 11.3 Å². The maximum Gasteiger partial charge on any atom is 0.240 e. The van der Waals surface area contributed by atoms with Gasteiger partial charge in [-0.15, -0.1) is 0 Å². The largest absolute Gasteiger partial charge is 0.478 e. The monoisotopic (exact) mass is 474 g/mol. The molecule has 2 unspecified atom stereocenters. The lowest BCUT2D eigenvalue weighted by atomic mass is 10.00. The summed E-state index contributed by atoms with van der Waals surface area (Å²) in [5, 5.41) is 0.930. The Labute approximate surface area is 191 Å². The highest BCUT2D eigenvalue weighted by atomic mass is 32.2. The van der Waals surface area contributed by atoms with E-state index in [0.29, 0.717) is 23.6 Å². The van der Waals surface area contributed by atoms with Crippen molar-refractivity contribution in [2.24, 2.45) is 0 Å². The second-order valence-electron chi connectivity index (χ2n) is 8.07. The van der Waals surface area contributed by atoms with Gasteiger partial charge in [0.15, 0.2) is 5.13 Å². The van der Waals surface area contributed by atoms with E-state index in [9.17, 15) is 8.42 Å². The lowest BCUT2D eigenvalue weighted by molar-refractivity contribution is -0.0605. The number of aromatic nitrogens is 2. The van der Waals surface area contributed by atoms with E-state index < -0.39 is 10.0 Å². The van der Waals surface area contributed by atoms with E-state index in [1.807, 2.05) is 13.0 Å². The third kappa shape index (κ3) is 4.45. The summed E-state index contributed by atoms with van der Waals surface area (Å²) in [7, 11) is -3.71. The highest BCUT2D eigenvalue weighted by molar-refractivity contribution is 7.89. The van der Waals surface area contributed by atoms with Crippen LogP contribution in [0.5, 0.6) is 5.88 Å². The molecule has 8 nitrogen and oxygen atoms in total. The molecule has 2 aromatic heterocycles. The van der Waals surface area contributed by atoms with Crippen LogP contribution in [0.3, 0.4) is 0 Å². The number of morpholine rings is 1. The molecule has 170 valence electrons. The number of pyridine rings is 1. The van der Waals surface area contributed by atoms with Crippen molar-refractivity contribution in [2.45, 2.75) is 49.8 Å². The molecule has 2 aliphatic rings. The topological polar surface area (TPSA) is 93.6 Å². The van der Waals surface area contributed by atoms with Crippen LogP contribution in [-0.2, 0) is 21.3 Å². The van der Waals surface area contributed by atoms with Gasteiger partial charge >= 0.3 is 0 Å². The Bertz CT molecular complexity index is 1200. The molecule has 10 heteroatoms. The molecule has 2 atom stereocenters. The average Bonchev–Trinajstić information content (AvgIpc) is 3.22. The molecule has 0 spiro atoms. The minimum atomic E-state index is -3.71. The summed E-state index contributed by atoms with van der Waals surface area (Å²) in [5.74, 6) is 0.438. The van der Waals surface area contributed by atoms with E-state index in [0.717, 1.165) is 35.8 Å². The fourth-order valence-corrected chi connectivity index (χ4v) is 6.24. The number of hydrogen-bond donors (Lipinski definition) is 1. The van der Waals surface area contributed by atoms with Crippen molar-refractivity contribution in [2.75, 3.05) is 24.6 Å². The van der Waals surface area contributed by atoms with E-state index in [1.165, 1.54) is 6.42 Å². The van der Waals surface area contributed by atoms with Crippen LogP contribution < -0.4 is 14.4 Å². The predicted molar refractivity (Wildman–Crippen MR) is 124 cm³/mol. The molecule has 2 saturated heterocycles. The molecule has 1 aromatic carbocycles. The van der Waals surface area contributed by atoms with Gasteiger partial charge in [0, 0.05) is 31.4 Å². The van der Waals surface area contributed by atoms with Crippen LogP contribution in [0.2, 0.25) is 0 Å². The Morgan fingerprint density at radius 2 is 2.06 bits per heavy atom. The molecular formula is C22H26N4O4S2. The fourth-order valence-electron chi connectivity index (χ4n) is 4.25. The minimum absolute atomic E-state index is 0.0996. The zero-order chi connectivity index (χ0) is 22.1. The first kappa shape index (κ1) is 21.6. The molecule has 0 amide bonds. The number of anilines is 1. The number of ether oxygens (including phenoxy) is 2. The molecule has 2 bridgehead atoms. The Morgan fingerprint density at radius 3 is 2.84 bits per heavy atom. The van der Waals surface area contributed by atoms with E-state index in [-0.39, 0.29) is 23.6 Å². The number of fused-ring (bicyclic) bond motifs is 3. The van der Waals surface area contributed by atoms with Crippen LogP contribution in [0.15, 0.2) is 41.4 Å². The summed E-state index contributed by atoms with van der Waals surface area (Å²) in [4.78, 5) is 11.4. The molecule has 4 heterocycles. The molecule has 32 heavy (non-hydrogen) atoms. The van der Waals surface area contributed by atoms with Gasteiger partial charge in [0.05, 0.1) is 33.9 Å². The normalized spacial score (nSPS) is 21.1. The van der Waals surface area contributed by atoms with Crippen molar-refractivity contribution in [3.05, 3.63) is 42.1 Å². The number of nitrogens with one attached hydrogen (secondary N) is 1. The summed E-state index contributed by atoms with van der Waals surface area (Å²) in [6, 6.07) is 8.67. The molecule has 0 saturated carbocycles. The number of sulfonamides is 1. The van der Waals surface area contributed by atoms with Crippen molar-refractivity contribution in [1.29, 1.82) is 0 Å². The van der Waals surface area contributed by atoms with Crippen molar-refractivity contribution >= 4 is 36.7 Å². The highest BCUT2D eigenvalue weighted by Gasteiger charge is 2.32. The van der Waals surface area contributed by atoms with E-state index in [4.69, 9.17) is 14.5 Å². The molecular weight excluding hydrogens is 448 g/mol. The third-order valence-corrected chi connectivity index (χ3v) is 8.29. The van der Waals surface area contributed by atoms with Gasteiger partial charge in [-0.3, -0.25) is 0 Å². The van der Waals surface area contributed by atoms with E-state index >= 15 is 0 Å². The number of benzene rings is 1. The Hall–Kier alpha value is -2.27. The first-order valence-corrected chi connectivity index (χ1v) is 13.2. The van der Waals surface area contributed by atoms with Crippen molar-refractivity contribution in [3.63, 3.8) is 0 Å². The molecule has 0 aliphatic carbocycles. The smallest absolute Gasteiger partial charge is 0.240 e. The first-order valence-electron chi connectivity index (χ1n) is 10.9. The lowest BCUT2D eigenvalue weighted by Gasteiger charge is -2.41. The maximum atomic E-state index is 12.9. The summed E-state index contributed by atoms with van der Waals surface area (Å²) >= 11 is 1.60. The Kier molecular flexibility index (Phi) is 6.02. The SMILES string of the molecule is CCOc1ncccc1CNS(=O)(=O)c1ccc2sc(N3CC4CCCC(C3)O4)nc2c1. The second-order valence-corrected chi connectivity index (χ2v) is 10.8. The van der Waals surface area contributed by atoms with Crippen LogP contribution in [0.25, 0.3) is 10.2 Å². The van der Waals surface area contributed by atoms with Gasteiger partial charge in [-0.2, -0.15) is 0 Å². The lowest BCUT2D eigenvalue weighted by Crippen LogP contribution is -2.50. The van der Waals surface area contributed by atoms with Crippen LogP contribution in [0.4, 0.5) is 5.13 Å². The number of hydrogen-bond acceptors (Lipinski definition) is 8. The van der Waals surface area contributed by atoms with Crippen LogP contribution in [-0.4, -0.2) is 50.3 Å². The summed E-state index contributed by atoms with van der Waals surface area (Å²) in [6.07, 6.45) is 5.56. The molecule has 0 radical (unpaired) electrons. The Balaban J connectivity index is 1.34. The van der Waals surface area contributed by atoms with Gasteiger partial charge in [-0.05, 0) is 50.5 Å². The van der Waals surface area contributed by atoms with Crippen molar-refractivity contribution < 1.29 is 17.9 Å². The second kappa shape index (κ2) is 8.93. The number of rotatable bonds is 7. The predicted octanol–water partition coefficient (Wildman–Crippen LogP) is 3.33.